The molecule has 6 nitrogen and oxygen atoms in total. The minimum atomic E-state index is -0.159. The Morgan fingerprint density at radius 3 is 2.70 bits per heavy atom. The van der Waals surface area contributed by atoms with Crippen LogP contribution in [-0.2, 0) is 11.3 Å². The Bertz CT molecular complexity index is 781. The Balaban J connectivity index is 1.45. The SMILES string of the molecule is CN(c1cc(N2CCSCC2)ncn1)C1CCN(Cc2ccccc2)C1=O. The second kappa shape index (κ2) is 8.17. The fraction of sp³-hybridized carbons (Fsp3) is 0.450. The molecule has 0 N–H and O–H groups in total. The molecule has 2 aliphatic heterocycles. The minimum absolute atomic E-state index is 0.159. The number of carbonyl (C=O) groups is 1. The summed E-state index contributed by atoms with van der Waals surface area (Å²) in [5, 5.41) is 0. The summed E-state index contributed by atoms with van der Waals surface area (Å²) in [5.41, 5.74) is 1.17. The first-order valence-electron chi connectivity index (χ1n) is 9.42. The van der Waals surface area contributed by atoms with Gasteiger partial charge in [-0.15, -0.1) is 0 Å². The lowest BCUT2D eigenvalue weighted by Gasteiger charge is -2.29. The summed E-state index contributed by atoms with van der Waals surface area (Å²) >= 11 is 1.98. The van der Waals surface area contributed by atoms with Crippen molar-refractivity contribution in [3.05, 3.63) is 48.3 Å². The highest BCUT2D eigenvalue weighted by Gasteiger charge is 2.35. The third kappa shape index (κ3) is 4.03. The van der Waals surface area contributed by atoms with Crippen LogP contribution in [0.4, 0.5) is 11.6 Å². The van der Waals surface area contributed by atoms with E-state index in [2.05, 4.69) is 27.0 Å². The molecular weight excluding hydrogens is 358 g/mol. The first-order chi connectivity index (χ1) is 13.2. The van der Waals surface area contributed by atoms with E-state index in [-0.39, 0.29) is 11.9 Å². The Kier molecular flexibility index (Phi) is 5.48. The number of amides is 1. The van der Waals surface area contributed by atoms with Gasteiger partial charge in [0.25, 0.3) is 0 Å². The van der Waals surface area contributed by atoms with Gasteiger partial charge in [-0.2, -0.15) is 11.8 Å². The number of hydrogen-bond donors (Lipinski definition) is 0. The van der Waals surface area contributed by atoms with Crippen LogP contribution in [0, 0.1) is 0 Å². The summed E-state index contributed by atoms with van der Waals surface area (Å²) in [5.74, 6) is 4.21. The molecule has 0 bridgehead atoms. The largest absolute Gasteiger partial charge is 0.355 e. The van der Waals surface area contributed by atoms with E-state index in [4.69, 9.17) is 0 Å². The lowest BCUT2D eigenvalue weighted by molar-refractivity contribution is -0.129. The second-order valence-corrected chi connectivity index (χ2v) is 8.22. The van der Waals surface area contributed by atoms with Crippen molar-refractivity contribution < 1.29 is 4.79 Å². The number of carbonyl (C=O) groups excluding carboxylic acids is 1. The molecular formula is C20H25N5OS. The zero-order valence-electron chi connectivity index (χ0n) is 15.6. The topological polar surface area (TPSA) is 52.6 Å². The van der Waals surface area contributed by atoms with Gasteiger partial charge in [0, 0.05) is 50.8 Å². The van der Waals surface area contributed by atoms with Gasteiger partial charge in [-0.3, -0.25) is 4.79 Å². The minimum Gasteiger partial charge on any atom is -0.355 e. The monoisotopic (exact) mass is 383 g/mol. The molecule has 142 valence electrons. The van der Waals surface area contributed by atoms with E-state index in [9.17, 15) is 4.79 Å². The highest BCUT2D eigenvalue weighted by atomic mass is 32.2. The van der Waals surface area contributed by atoms with Gasteiger partial charge in [-0.25, -0.2) is 9.97 Å². The van der Waals surface area contributed by atoms with Crippen LogP contribution < -0.4 is 9.80 Å². The molecule has 0 saturated carbocycles. The number of thioether (sulfide) groups is 1. The first-order valence-corrected chi connectivity index (χ1v) is 10.6. The Morgan fingerprint density at radius 1 is 1.15 bits per heavy atom. The number of nitrogens with zero attached hydrogens (tertiary/aromatic N) is 5. The van der Waals surface area contributed by atoms with Gasteiger partial charge in [-0.1, -0.05) is 30.3 Å². The van der Waals surface area contributed by atoms with E-state index in [0.29, 0.717) is 6.54 Å². The lowest BCUT2D eigenvalue weighted by atomic mass is 10.2. The summed E-state index contributed by atoms with van der Waals surface area (Å²) in [4.78, 5) is 28.1. The predicted molar refractivity (Wildman–Crippen MR) is 110 cm³/mol. The molecule has 7 heteroatoms. The van der Waals surface area contributed by atoms with E-state index in [0.717, 1.165) is 49.2 Å². The Morgan fingerprint density at radius 2 is 1.93 bits per heavy atom. The molecule has 27 heavy (non-hydrogen) atoms. The molecule has 0 aliphatic carbocycles. The number of hydrogen-bond acceptors (Lipinski definition) is 6. The highest BCUT2D eigenvalue weighted by molar-refractivity contribution is 7.99. The van der Waals surface area contributed by atoms with Gasteiger partial charge in [0.15, 0.2) is 0 Å². The van der Waals surface area contributed by atoms with Crippen molar-refractivity contribution in [1.29, 1.82) is 0 Å². The maximum absolute atomic E-state index is 12.9. The molecule has 0 radical (unpaired) electrons. The van der Waals surface area contributed by atoms with E-state index >= 15 is 0 Å². The molecule has 4 rings (SSSR count). The van der Waals surface area contributed by atoms with Crippen molar-refractivity contribution in [1.82, 2.24) is 14.9 Å². The third-order valence-electron chi connectivity index (χ3n) is 5.29. The quantitative estimate of drug-likeness (QED) is 0.790. The maximum Gasteiger partial charge on any atom is 0.245 e. The number of likely N-dealkylation sites (N-methyl/N-ethyl adjacent to an activating group) is 1. The van der Waals surface area contributed by atoms with Crippen LogP contribution in [0.25, 0.3) is 0 Å². The van der Waals surface area contributed by atoms with Gasteiger partial charge < -0.3 is 14.7 Å². The lowest BCUT2D eigenvalue weighted by Crippen LogP contribution is -2.40. The first kappa shape index (κ1) is 18.1. The molecule has 2 aliphatic rings. The van der Waals surface area contributed by atoms with E-state index < -0.39 is 0 Å². The Hall–Kier alpha value is -2.28. The number of likely N-dealkylation sites (tertiary alicyclic amines) is 1. The average Bonchev–Trinajstić information content (AvgIpc) is 3.09. The van der Waals surface area contributed by atoms with Crippen LogP contribution in [0.2, 0.25) is 0 Å². The van der Waals surface area contributed by atoms with Crippen molar-refractivity contribution in [3.8, 4) is 0 Å². The molecule has 2 saturated heterocycles. The van der Waals surface area contributed by atoms with Gasteiger partial charge >= 0.3 is 0 Å². The summed E-state index contributed by atoms with van der Waals surface area (Å²) < 4.78 is 0. The van der Waals surface area contributed by atoms with Crippen molar-refractivity contribution in [2.75, 3.05) is 48.0 Å². The van der Waals surface area contributed by atoms with Crippen molar-refractivity contribution in [3.63, 3.8) is 0 Å². The van der Waals surface area contributed by atoms with Crippen LogP contribution in [-0.4, -0.2) is 65.0 Å². The number of anilines is 2. The van der Waals surface area contributed by atoms with Crippen LogP contribution in [0.3, 0.4) is 0 Å². The van der Waals surface area contributed by atoms with Gasteiger partial charge in [0.2, 0.25) is 5.91 Å². The van der Waals surface area contributed by atoms with Crippen molar-refractivity contribution >= 4 is 29.3 Å². The smallest absolute Gasteiger partial charge is 0.245 e. The zero-order chi connectivity index (χ0) is 18.6. The number of aromatic nitrogens is 2. The fourth-order valence-electron chi connectivity index (χ4n) is 3.70. The zero-order valence-corrected chi connectivity index (χ0v) is 16.4. The molecule has 1 aromatic carbocycles. The van der Waals surface area contributed by atoms with Gasteiger partial charge in [-0.05, 0) is 12.0 Å². The molecule has 0 spiro atoms. The highest BCUT2D eigenvalue weighted by Crippen LogP contribution is 2.25. The second-order valence-electron chi connectivity index (χ2n) is 6.99. The van der Waals surface area contributed by atoms with Crippen LogP contribution in [0.1, 0.15) is 12.0 Å². The summed E-state index contributed by atoms with van der Waals surface area (Å²) in [7, 11) is 1.97. The molecule has 1 unspecified atom stereocenters. The summed E-state index contributed by atoms with van der Waals surface area (Å²) in [6.07, 6.45) is 2.44. The van der Waals surface area contributed by atoms with Crippen LogP contribution in [0.5, 0.6) is 0 Å². The maximum atomic E-state index is 12.9. The van der Waals surface area contributed by atoms with Crippen molar-refractivity contribution in [2.24, 2.45) is 0 Å². The van der Waals surface area contributed by atoms with Gasteiger partial charge in [0.1, 0.15) is 24.0 Å². The van der Waals surface area contributed by atoms with Gasteiger partial charge in [0.05, 0.1) is 0 Å². The number of rotatable bonds is 5. The van der Waals surface area contributed by atoms with E-state index in [1.807, 2.05) is 52.9 Å². The van der Waals surface area contributed by atoms with Crippen LogP contribution in [0.15, 0.2) is 42.7 Å². The molecule has 2 aromatic rings. The van der Waals surface area contributed by atoms with E-state index in [1.165, 1.54) is 5.56 Å². The third-order valence-corrected chi connectivity index (χ3v) is 6.23. The number of benzene rings is 1. The Labute approximate surface area is 164 Å². The molecule has 1 atom stereocenters. The molecule has 2 fully saturated rings. The van der Waals surface area contributed by atoms with E-state index in [1.54, 1.807) is 6.33 Å². The normalized spacial score (nSPS) is 20.2. The van der Waals surface area contributed by atoms with Crippen LogP contribution >= 0.6 is 11.8 Å². The summed E-state index contributed by atoms with van der Waals surface area (Å²) in [6, 6.07) is 12.0. The molecule has 1 amide bonds. The summed E-state index contributed by atoms with van der Waals surface area (Å²) in [6.45, 7) is 3.48. The fourth-order valence-corrected chi connectivity index (χ4v) is 4.60. The molecule has 1 aromatic heterocycles. The molecule has 3 heterocycles. The van der Waals surface area contributed by atoms with Crippen molar-refractivity contribution in [2.45, 2.75) is 19.0 Å². The average molecular weight is 384 g/mol. The standard InChI is InChI=1S/C20H25N5OS/c1-23(18-13-19(22-15-21-18)24-9-11-27-12-10-24)17-7-8-25(20(17)26)14-16-5-3-2-4-6-16/h2-6,13,15,17H,7-12,14H2,1H3. The predicted octanol–water partition coefficient (Wildman–Crippen LogP) is 2.27.